The van der Waals surface area contributed by atoms with Gasteiger partial charge in [0.2, 0.25) is 11.6 Å². The van der Waals surface area contributed by atoms with Gasteiger partial charge in [0.05, 0.1) is 12.2 Å². The third kappa shape index (κ3) is 5.12. The Kier molecular flexibility index (Phi) is 6.78. The third-order valence-corrected chi connectivity index (χ3v) is 6.33. The molecule has 5 rings (SSSR count). The topological polar surface area (TPSA) is 108 Å². The van der Waals surface area contributed by atoms with Gasteiger partial charge in [-0.2, -0.15) is 5.26 Å². The molecule has 1 atom stereocenters. The third-order valence-electron chi connectivity index (χ3n) is 5.75. The summed E-state index contributed by atoms with van der Waals surface area (Å²) in [6, 6.07) is 22.7. The van der Waals surface area contributed by atoms with Gasteiger partial charge in [0.15, 0.2) is 0 Å². The molecule has 4 aromatic rings. The van der Waals surface area contributed by atoms with Gasteiger partial charge >= 0.3 is 5.97 Å². The zero-order valence-corrected chi connectivity index (χ0v) is 20.6. The van der Waals surface area contributed by atoms with Gasteiger partial charge < -0.3 is 24.4 Å². The fourth-order valence-electron chi connectivity index (χ4n) is 3.95. The Hall–Kier alpha value is -4.38. The standard InChI is InChI=1S/C28H18Cl2N2O5/c29-18-6-3-17(23(30)12-18)15-35-19-7-4-16(5-8-19)26-21-10-9-20(36-28(33)24-2-1-11-34-24)13-25(21)37-27(32)22(26)14-31/h1-13,26H,15,32H2. The molecule has 3 aromatic carbocycles. The van der Waals surface area contributed by atoms with Crippen LogP contribution in [-0.4, -0.2) is 5.97 Å². The van der Waals surface area contributed by atoms with E-state index in [1.165, 1.54) is 12.3 Å². The number of nitrogens with two attached hydrogens (primary N) is 1. The van der Waals surface area contributed by atoms with E-state index in [4.69, 9.17) is 47.6 Å². The maximum Gasteiger partial charge on any atom is 0.379 e. The number of hydrogen-bond acceptors (Lipinski definition) is 7. The number of furan rings is 1. The number of carbonyl (C=O) groups is 1. The van der Waals surface area contributed by atoms with Gasteiger partial charge in [0.25, 0.3) is 0 Å². The van der Waals surface area contributed by atoms with Crippen LogP contribution in [0, 0.1) is 11.3 Å². The number of nitrogens with zero attached hydrogens (tertiary/aromatic N) is 1. The van der Waals surface area contributed by atoms with Gasteiger partial charge in [0.1, 0.15) is 35.5 Å². The highest BCUT2D eigenvalue weighted by molar-refractivity contribution is 6.35. The number of ether oxygens (including phenoxy) is 3. The predicted molar refractivity (Wildman–Crippen MR) is 137 cm³/mol. The monoisotopic (exact) mass is 532 g/mol. The summed E-state index contributed by atoms with van der Waals surface area (Å²) in [4.78, 5) is 12.2. The number of esters is 1. The Bertz CT molecular complexity index is 1540. The lowest BCUT2D eigenvalue weighted by atomic mass is 9.83. The molecule has 2 heterocycles. The minimum absolute atomic E-state index is 0.0211. The Morgan fingerprint density at radius 2 is 1.81 bits per heavy atom. The molecule has 0 bridgehead atoms. The minimum atomic E-state index is -0.644. The van der Waals surface area contributed by atoms with Gasteiger partial charge in [-0.15, -0.1) is 0 Å². The van der Waals surface area contributed by atoms with Crippen LogP contribution in [0.25, 0.3) is 0 Å². The number of fused-ring (bicyclic) bond motifs is 1. The van der Waals surface area contributed by atoms with E-state index in [9.17, 15) is 10.1 Å². The highest BCUT2D eigenvalue weighted by Gasteiger charge is 2.31. The predicted octanol–water partition coefficient (Wildman–Crippen LogP) is 6.60. The molecule has 1 aromatic heterocycles. The molecule has 9 heteroatoms. The van der Waals surface area contributed by atoms with Gasteiger partial charge in [-0.25, -0.2) is 4.79 Å². The number of halogens is 2. The Balaban J connectivity index is 1.38. The van der Waals surface area contributed by atoms with E-state index in [0.717, 1.165) is 11.1 Å². The van der Waals surface area contributed by atoms with Gasteiger partial charge in [-0.1, -0.05) is 47.5 Å². The number of nitriles is 1. The van der Waals surface area contributed by atoms with Crippen LogP contribution in [-0.2, 0) is 6.61 Å². The number of benzene rings is 3. The Morgan fingerprint density at radius 3 is 2.51 bits per heavy atom. The maximum atomic E-state index is 12.2. The molecule has 1 unspecified atom stereocenters. The zero-order chi connectivity index (χ0) is 25.9. The molecule has 0 aliphatic carbocycles. The summed E-state index contributed by atoms with van der Waals surface area (Å²) in [5.74, 6) is 0.172. The SMILES string of the molecule is N#CC1=C(N)Oc2cc(OC(=O)c3ccco3)ccc2C1c1ccc(OCc2ccc(Cl)cc2Cl)cc1. The lowest BCUT2D eigenvalue weighted by Gasteiger charge is -2.26. The van der Waals surface area contributed by atoms with Gasteiger partial charge in [-0.3, -0.25) is 0 Å². The van der Waals surface area contributed by atoms with E-state index in [0.29, 0.717) is 27.1 Å². The van der Waals surface area contributed by atoms with Crippen molar-refractivity contribution in [3.8, 4) is 23.3 Å². The van der Waals surface area contributed by atoms with E-state index in [1.807, 2.05) is 18.2 Å². The van der Waals surface area contributed by atoms with Crippen molar-refractivity contribution >= 4 is 29.2 Å². The van der Waals surface area contributed by atoms with E-state index in [1.54, 1.807) is 48.5 Å². The highest BCUT2D eigenvalue weighted by Crippen LogP contribution is 2.43. The summed E-state index contributed by atoms with van der Waals surface area (Å²) in [5, 5.41) is 10.9. The summed E-state index contributed by atoms with van der Waals surface area (Å²) in [7, 11) is 0. The van der Waals surface area contributed by atoms with Crippen molar-refractivity contribution < 1.29 is 23.4 Å². The van der Waals surface area contributed by atoms with Crippen molar-refractivity contribution in [2.75, 3.05) is 0 Å². The zero-order valence-electron chi connectivity index (χ0n) is 19.1. The van der Waals surface area contributed by atoms with Crippen molar-refractivity contribution in [1.82, 2.24) is 0 Å². The van der Waals surface area contributed by atoms with Crippen LogP contribution in [0.2, 0.25) is 10.0 Å². The van der Waals surface area contributed by atoms with E-state index in [-0.39, 0.29) is 29.6 Å². The quantitative estimate of drug-likeness (QED) is 0.220. The molecule has 37 heavy (non-hydrogen) atoms. The maximum absolute atomic E-state index is 12.2. The fraction of sp³-hybridized carbons (Fsp3) is 0.0714. The van der Waals surface area contributed by atoms with Crippen molar-refractivity contribution in [3.63, 3.8) is 0 Å². The summed E-state index contributed by atoms with van der Waals surface area (Å²) in [6.45, 7) is 0.269. The number of carbonyl (C=O) groups excluding carboxylic acids is 1. The molecule has 0 spiro atoms. The summed E-state index contributed by atoms with van der Waals surface area (Å²) < 4.78 is 22.0. The smallest absolute Gasteiger partial charge is 0.379 e. The Morgan fingerprint density at radius 1 is 1.03 bits per heavy atom. The summed E-state index contributed by atoms with van der Waals surface area (Å²) in [5.41, 5.74) is 8.68. The lowest BCUT2D eigenvalue weighted by molar-refractivity contribution is 0.0701. The molecule has 0 saturated heterocycles. The lowest BCUT2D eigenvalue weighted by Crippen LogP contribution is -2.21. The van der Waals surface area contributed by atoms with Crippen LogP contribution < -0.4 is 19.9 Å². The van der Waals surface area contributed by atoms with Crippen molar-refractivity contribution in [2.45, 2.75) is 12.5 Å². The summed E-state index contributed by atoms with van der Waals surface area (Å²) >= 11 is 12.2. The fourth-order valence-corrected chi connectivity index (χ4v) is 4.41. The first kappa shape index (κ1) is 24.3. The van der Waals surface area contributed by atoms with Crippen LogP contribution in [0.3, 0.4) is 0 Å². The first-order chi connectivity index (χ1) is 17.9. The molecule has 7 nitrogen and oxygen atoms in total. The molecule has 0 saturated carbocycles. The normalized spacial score (nSPS) is 14.4. The second-order valence-electron chi connectivity index (χ2n) is 8.08. The molecule has 2 N–H and O–H groups in total. The Labute approximate surface area is 222 Å². The second-order valence-corrected chi connectivity index (χ2v) is 8.93. The van der Waals surface area contributed by atoms with Crippen LogP contribution in [0.5, 0.6) is 17.2 Å². The van der Waals surface area contributed by atoms with Crippen LogP contribution in [0.1, 0.15) is 33.2 Å². The second kappa shape index (κ2) is 10.3. The molecule has 1 aliphatic rings. The summed E-state index contributed by atoms with van der Waals surface area (Å²) in [6.07, 6.45) is 1.38. The average molecular weight is 533 g/mol. The molecule has 0 amide bonds. The van der Waals surface area contributed by atoms with Crippen LogP contribution in [0.4, 0.5) is 0 Å². The highest BCUT2D eigenvalue weighted by atomic mass is 35.5. The van der Waals surface area contributed by atoms with Gasteiger partial charge in [-0.05, 0) is 48.0 Å². The molecule has 0 radical (unpaired) electrons. The van der Waals surface area contributed by atoms with Crippen LogP contribution in [0.15, 0.2) is 94.9 Å². The van der Waals surface area contributed by atoms with E-state index < -0.39 is 11.9 Å². The number of hydrogen-bond donors (Lipinski definition) is 1. The van der Waals surface area contributed by atoms with E-state index in [2.05, 4.69) is 6.07 Å². The first-order valence-electron chi connectivity index (χ1n) is 11.1. The van der Waals surface area contributed by atoms with Crippen LogP contribution >= 0.6 is 23.2 Å². The average Bonchev–Trinajstić information content (AvgIpc) is 3.43. The minimum Gasteiger partial charge on any atom is -0.489 e. The van der Waals surface area contributed by atoms with E-state index >= 15 is 0 Å². The molecular formula is C28H18Cl2N2O5. The van der Waals surface area contributed by atoms with Crippen molar-refractivity contribution in [3.05, 3.63) is 123 Å². The number of allylic oxidation sites excluding steroid dienone is 1. The first-order valence-corrected chi connectivity index (χ1v) is 11.8. The largest absolute Gasteiger partial charge is 0.489 e. The van der Waals surface area contributed by atoms with Gasteiger partial charge in [0, 0.05) is 27.2 Å². The molecule has 0 fully saturated rings. The molecule has 1 aliphatic heterocycles. The van der Waals surface area contributed by atoms with Crippen molar-refractivity contribution in [1.29, 1.82) is 5.26 Å². The van der Waals surface area contributed by atoms with Crippen molar-refractivity contribution in [2.24, 2.45) is 5.73 Å². The number of rotatable bonds is 6. The molecular weight excluding hydrogens is 515 g/mol. The molecule has 184 valence electrons.